The van der Waals surface area contributed by atoms with Crippen LogP contribution in [0.5, 0.6) is 0 Å². The van der Waals surface area contributed by atoms with Crippen LogP contribution in [0.3, 0.4) is 0 Å². The average molecular weight is 460 g/mol. The van der Waals surface area contributed by atoms with Crippen LogP contribution in [0.4, 0.5) is 0 Å². The van der Waals surface area contributed by atoms with Crippen LogP contribution in [-0.4, -0.2) is 49.7 Å². The van der Waals surface area contributed by atoms with E-state index in [4.69, 9.17) is 4.98 Å². The first kappa shape index (κ1) is 22.4. The van der Waals surface area contributed by atoms with Crippen molar-refractivity contribution in [2.24, 2.45) is 10.4 Å². The van der Waals surface area contributed by atoms with Crippen LogP contribution in [-0.2, 0) is 16.0 Å². The fourth-order valence-electron chi connectivity index (χ4n) is 4.73. The number of nitrogens with one attached hydrogen (secondary N) is 1. The van der Waals surface area contributed by atoms with Gasteiger partial charge in [-0.15, -0.1) is 0 Å². The molecule has 2 fully saturated rings. The van der Waals surface area contributed by atoms with Crippen molar-refractivity contribution < 1.29 is 14.7 Å². The molecule has 176 valence electrons. The number of benzene rings is 1. The number of carbonyl (C=O) groups is 2. The number of piperidine rings is 1. The maximum absolute atomic E-state index is 11.9. The Morgan fingerprint density at radius 2 is 2.06 bits per heavy atom. The van der Waals surface area contributed by atoms with Crippen molar-refractivity contribution in [2.75, 3.05) is 6.54 Å². The van der Waals surface area contributed by atoms with Gasteiger partial charge >= 0.3 is 5.97 Å². The van der Waals surface area contributed by atoms with Crippen molar-refractivity contribution in [1.29, 1.82) is 0 Å². The quantitative estimate of drug-likeness (QED) is 0.582. The van der Waals surface area contributed by atoms with Gasteiger partial charge in [-0.05, 0) is 63.1 Å². The van der Waals surface area contributed by atoms with Gasteiger partial charge in [-0.2, -0.15) is 0 Å². The van der Waals surface area contributed by atoms with Gasteiger partial charge in [-0.25, -0.2) is 14.8 Å². The second-order valence-electron chi connectivity index (χ2n) is 9.68. The number of imidazole rings is 1. The number of pyridine rings is 1. The highest BCUT2D eigenvalue weighted by Crippen LogP contribution is 2.34. The summed E-state index contributed by atoms with van der Waals surface area (Å²) >= 11 is 0. The molecule has 2 aromatic heterocycles. The number of carbonyl (C=O) groups excluding carboxylic acids is 1. The number of hydrogen-bond acceptors (Lipinski definition) is 6. The third-order valence-corrected chi connectivity index (χ3v) is 7.03. The van der Waals surface area contributed by atoms with E-state index in [1.54, 1.807) is 20.0 Å². The van der Waals surface area contributed by atoms with Crippen molar-refractivity contribution >= 4 is 28.6 Å². The minimum Gasteiger partial charge on any atom is -0.480 e. The molecule has 0 amide bonds. The summed E-state index contributed by atoms with van der Waals surface area (Å²) in [5, 5.41) is 13.3. The fraction of sp³-hybridized carbons (Fsp3) is 0.423. The number of nitrogens with zero attached hydrogens (tertiary/aromatic N) is 4. The number of aromatic nitrogens is 3. The van der Waals surface area contributed by atoms with E-state index in [-0.39, 0.29) is 24.7 Å². The molecular weight excluding hydrogens is 430 g/mol. The molecule has 8 nitrogen and oxygen atoms in total. The predicted molar refractivity (Wildman–Crippen MR) is 129 cm³/mol. The maximum Gasteiger partial charge on any atom is 0.328 e. The molecule has 3 aromatic rings. The monoisotopic (exact) mass is 459 g/mol. The van der Waals surface area contributed by atoms with Crippen LogP contribution in [0.25, 0.3) is 16.9 Å². The zero-order valence-electron chi connectivity index (χ0n) is 19.5. The van der Waals surface area contributed by atoms with Gasteiger partial charge in [0.2, 0.25) is 0 Å². The van der Waals surface area contributed by atoms with Gasteiger partial charge in [-0.3, -0.25) is 14.4 Å². The Bertz CT molecular complexity index is 1270. The number of aliphatic imine (C=N–C) groups is 1. The van der Waals surface area contributed by atoms with Gasteiger partial charge in [0.05, 0.1) is 11.5 Å². The largest absolute Gasteiger partial charge is 0.480 e. The first-order chi connectivity index (χ1) is 16.3. The summed E-state index contributed by atoms with van der Waals surface area (Å²) in [6.07, 6.45) is 5.65. The molecule has 1 aliphatic heterocycles. The Labute approximate surface area is 198 Å². The Hall–Kier alpha value is -3.39. The van der Waals surface area contributed by atoms with Crippen molar-refractivity contribution in [1.82, 2.24) is 19.9 Å². The standard InChI is InChI=1S/C26H29N5O3/c1-26(2)21(15-22(26)32)29-20(25(33)34)14-16-8-10-17(11-9-16)31-23-19(7-5-13-28-23)30-24(31)18-6-3-4-12-27-18/h5,7-11,13,18,20,27H,3-4,6,12,14-15H2,1-2H3,(H,33,34)/t18-,20+/m1/s1. The molecule has 1 aromatic carbocycles. The lowest BCUT2D eigenvalue weighted by molar-refractivity contribution is -0.138. The van der Waals surface area contributed by atoms with Gasteiger partial charge in [0.15, 0.2) is 11.7 Å². The zero-order valence-corrected chi connectivity index (χ0v) is 19.5. The van der Waals surface area contributed by atoms with Gasteiger partial charge < -0.3 is 10.4 Å². The second-order valence-corrected chi connectivity index (χ2v) is 9.68. The van der Waals surface area contributed by atoms with Crippen molar-refractivity contribution in [3.05, 3.63) is 54.0 Å². The highest BCUT2D eigenvalue weighted by atomic mass is 16.4. The van der Waals surface area contributed by atoms with E-state index in [1.807, 2.05) is 36.4 Å². The predicted octanol–water partition coefficient (Wildman–Crippen LogP) is 3.67. The number of hydrogen-bond donors (Lipinski definition) is 2. The number of Topliss-reactive ketones (excluding diaryl/α,β-unsaturated/α-hetero) is 1. The van der Waals surface area contributed by atoms with E-state index in [0.717, 1.165) is 47.6 Å². The lowest BCUT2D eigenvalue weighted by atomic mass is 9.68. The SMILES string of the molecule is CC1(C)C(=O)CC1=N[C@@H](Cc1ccc(-n2c([C@H]3CCCCN3)nc3cccnc32)cc1)C(=O)O. The molecule has 2 aliphatic rings. The zero-order chi connectivity index (χ0) is 23.9. The van der Waals surface area contributed by atoms with E-state index in [9.17, 15) is 14.7 Å². The molecule has 8 heteroatoms. The number of carboxylic acid groups (broad SMARTS) is 1. The molecule has 0 radical (unpaired) electrons. The third kappa shape index (κ3) is 4.03. The van der Waals surface area contributed by atoms with Crippen LogP contribution in [0.1, 0.15) is 57.0 Å². The molecule has 0 spiro atoms. The highest BCUT2D eigenvalue weighted by molar-refractivity contribution is 6.26. The van der Waals surface area contributed by atoms with Crippen LogP contribution >= 0.6 is 0 Å². The molecule has 1 aliphatic carbocycles. The Morgan fingerprint density at radius 1 is 1.26 bits per heavy atom. The molecule has 5 rings (SSSR count). The molecule has 34 heavy (non-hydrogen) atoms. The molecule has 1 saturated carbocycles. The van der Waals surface area contributed by atoms with Crippen LogP contribution in [0.2, 0.25) is 0 Å². The van der Waals surface area contributed by atoms with Crippen LogP contribution in [0, 0.1) is 5.41 Å². The Morgan fingerprint density at radius 3 is 2.71 bits per heavy atom. The van der Waals surface area contributed by atoms with Crippen molar-refractivity contribution in [3.63, 3.8) is 0 Å². The van der Waals surface area contributed by atoms with E-state index < -0.39 is 17.4 Å². The summed E-state index contributed by atoms with van der Waals surface area (Å²) in [6.45, 7) is 4.57. The molecule has 1 saturated heterocycles. The molecule has 3 heterocycles. The van der Waals surface area contributed by atoms with Gasteiger partial charge in [0, 0.05) is 30.4 Å². The molecule has 2 atom stereocenters. The Kier molecular flexibility index (Phi) is 5.77. The number of carboxylic acids is 1. The summed E-state index contributed by atoms with van der Waals surface area (Å²) in [5.41, 5.74) is 3.49. The maximum atomic E-state index is 11.9. The highest BCUT2D eigenvalue weighted by Gasteiger charge is 2.44. The van der Waals surface area contributed by atoms with E-state index in [0.29, 0.717) is 5.71 Å². The minimum absolute atomic E-state index is 0.101. The van der Waals surface area contributed by atoms with E-state index >= 15 is 0 Å². The van der Waals surface area contributed by atoms with E-state index in [1.165, 1.54) is 6.42 Å². The molecular formula is C26H29N5O3. The number of ketones is 1. The Balaban J connectivity index is 1.44. The van der Waals surface area contributed by atoms with Gasteiger partial charge in [-0.1, -0.05) is 18.6 Å². The normalized spacial score (nSPS) is 22.0. The summed E-state index contributed by atoms with van der Waals surface area (Å²) in [7, 11) is 0. The summed E-state index contributed by atoms with van der Waals surface area (Å²) in [4.78, 5) is 37.6. The summed E-state index contributed by atoms with van der Waals surface area (Å²) < 4.78 is 2.10. The van der Waals surface area contributed by atoms with Gasteiger partial charge in [0.25, 0.3) is 0 Å². The molecule has 0 bridgehead atoms. The molecule has 0 unspecified atom stereocenters. The number of rotatable bonds is 6. The average Bonchev–Trinajstić information content (AvgIpc) is 3.24. The lowest BCUT2D eigenvalue weighted by Gasteiger charge is -2.35. The first-order valence-corrected chi connectivity index (χ1v) is 11.8. The molecule has 2 N–H and O–H groups in total. The van der Waals surface area contributed by atoms with Crippen LogP contribution < -0.4 is 5.32 Å². The van der Waals surface area contributed by atoms with Crippen molar-refractivity contribution in [3.8, 4) is 5.69 Å². The first-order valence-electron chi connectivity index (χ1n) is 11.8. The van der Waals surface area contributed by atoms with Crippen LogP contribution in [0.15, 0.2) is 47.6 Å². The number of aliphatic carboxylic acids is 1. The summed E-state index contributed by atoms with van der Waals surface area (Å²) in [5.74, 6) is 0.0687. The second kappa shape index (κ2) is 8.76. The van der Waals surface area contributed by atoms with Crippen molar-refractivity contribution in [2.45, 2.75) is 58.0 Å². The van der Waals surface area contributed by atoms with E-state index in [2.05, 4.69) is 19.9 Å². The smallest absolute Gasteiger partial charge is 0.328 e. The van der Waals surface area contributed by atoms with Gasteiger partial charge in [0.1, 0.15) is 17.1 Å². The topological polar surface area (TPSA) is 109 Å². The fourth-order valence-corrected chi connectivity index (χ4v) is 4.73. The number of fused-ring (bicyclic) bond motifs is 1. The third-order valence-electron chi connectivity index (χ3n) is 7.03. The minimum atomic E-state index is -0.984. The lowest BCUT2D eigenvalue weighted by Crippen LogP contribution is -2.47. The summed E-state index contributed by atoms with van der Waals surface area (Å²) in [6, 6.07) is 11.0.